The van der Waals surface area contributed by atoms with E-state index in [1.165, 1.54) is 31.0 Å². The second-order valence-corrected chi connectivity index (χ2v) is 5.20. The van der Waals surface area contributed by atoms with Crippen LogP contribution in [0.3, 0.4) is 0 Å². The Labute approximate surface area is 123 Å². The first-order valence-corrected chi connectivity index (χ1v) is 7.15. The number of aromatic nitrogens is 1. The highest BCUT2D eigenvalue weighted by Crippen LogP contribution is 2.27. The molecule has 3 rings (SSSR count). The second kappa shape index (κ2) is 5.99. The van der Waals surface area contributed by atoms with Gasteiger partial charge in [0.25, 0.3) is 0 Å². The molecule has 2 aromatic rings. The lowest BCUT2D eigenvalue weighted by molar-refractivity contribution is 0.466. The Bertz CT molecular complexity index is 627. The van der Waals surface area contributed by atoms with Gasteiger partial charge in [0.15, 0.2) is 5.82 Å². The first-order chi connectivity index (χ1) is 10.2. The van der Waals surface area contributed by atoms with Gasteiger partial charge < -0.3 is 15.3 Å². The fourth-order valence-corrected chi connectivity index (χ4v) is 2.60. The lowest BCUT2D eigenvalue weighted by Gasteiger charge is -2.20. The van der Waals surface area contributed by atoms with Crippen LogP contribution in [0.5, 0.6) is 5.75 Å². The van der Waals surface area contributed by atoms with Gasteiger partial charge in [-0.15, -0.1) is 0 Å². The number of pyridine rings is 1. The highest BCUT2D eigenvalue weighted by atomic mass is 19.1. The van der Waals surface area contributed by atoms with Crippen molar-refractivity contribution in [2.75, 3.05) is 23.3 Å². The van der Waals surface area contributed by atoms with Crippen LogP contribution in [0.4, 0.5) is 15.9 Å². The normalized spacial score (nSPS) is 14.4. The summed E-state index contributed by atoms with van der Waals surface area (Å²) in [6.07, 6.45) is 4.14. The van der Waals surface area contributed by atoms with Gasteiger partial charge in [-0.1, -0.05) is 0 Å². The number of benzene rings is 1. The molecule has 0 atom stereocenters. The number of nitrogens with one attached hydrogen (secondary N) is 1. The average molecular weight is 287 g/mol. The van der Waals surface area contributed by atoms with E-state index in [0.29, 0.717) is 12.1 Å². The van der Waals surface area contributed by atoms with E-state index < -0.39 is 0 Å². The molecular formula is C16H18FN3O. The third-order valence-corrected chi connectivity index (χ3v) is 3.70. The summed E-state index contributed by atoms with van der Waals surface area (Å²) in [5.74, 6) is 0.664. The predicted octanol–water partition coefficient (Wildman–Crippen LogP) is 3.14. The van der Waals surface area contributed by atoms with Crippen molar-refractivity contribution in [2.24, 2.45) is 0 Å². The Morgan fingerprint density at radius 1 is 1.24 bits per heavy atom. The highest BCUT2D eigenvalue weighted by molar-refractivity contribution is 5.66. The third kappa shape index (κ3) is 3.07. The molecule has 0 radical (unpaired) electrons. The Morgan fingerprint density at radius 2 is 2.05 bits per heavy atom. The maximum absolute atomic E-state index is 13.2. The molecule has 2 N–H and O–H groups in total. The standard InChI is InChI=1S/C16H18FN3O/c17-13-5-6-15(21)12(10-13)11-19-14-4-3-7-18-16(14)20-8-1-2-9-20/h3-7,10,19,21H,1-2,8-9,11H2. The first-order valence-electron chi connectivity index (χ1n) is 7.15. The van der Waals surface area contributed by atoms with Crippen LogP contribution in [0.2, 0.25) is 0 Å². The molecular weight excluding hydrogens is 269 g/mol. The maximum Gasteiger partial charge on any atom is 0.151 e. The van der Waals surface area contributed by atoms with Crippen molar-refractivity contribution >= 4 is 11.5 Å². The van der Waals surface area contributed by atoms with Gasteiger partial charge in [-0.05, 0) is 43.2 Å². The van der Waals surface area contributed by atoms with Crippen molar-refractivity contribution in [3.05, 3.63) is 47.9 Å². The van der Waals surface area contributed by atoms with Gasteiger partial charge in [-0.2, -0.15) is 0 Å². The summed E-state index contributed by atoms with van der Waals surface area (Å²) in [4.78, 5) is 6.68. The minimum Gasteiger partial charge on any atom is -0.508 e. The molecule has 1 aliphatic heterocycles. The molecule has 0 amide bonds. The van der Waals surface area contributed by atoms with Crippen molar-refractivity contribution in [1.82, 2.24) is 4.98 Å². The van der Waals surface area contributed by atoms with Crippen LogP contribution in [0, 0.1) is 5.82 Å². The van der Waals surface area contributed by atoms with E-state index in [1.807, 2.05) is 12.1 Å². The molecule has 1 saturated heterocycles. The number of aromatic hydroxyl groups is 1. The summed E-state index contributed by atoms with van der Waals surface area (Å²) < 4.78 is 13.2. The number of phenols is 1. The SMILES string of the molecule is Oc1ccc(F)cc1CNc1cccnc1N1CCCC1. The maximum atomic E-state index is 13.2. The predicted molar refractivity (Wildman–Crippen MR) is 81.1 cm³/mol. The molecule has 0 saturated carbocycles. The minimum absolute atomic E-state index is 0.0931. The molecule has 5 heteroatoms. The summed E-state index contributed by atoms with van der Waals surface area (Å²) in [5.41, 5.74) is 1.44. The van der Waals surface area contributed by atoms with E-state index >= 15 is 0 Å². The quantitative estimate of drug-likeness (QED) is 0.907. The van der Waals surface area contributed by atoms with Crippen LogP contribution in [-0.2, 0) is 6.54 Å². The average Bonchev–Trinajstić information content (AvgIpc) is 3.03. The largest absolute Gasteiger partial charge is 0.508 e. The summed E-state index contributed by atoms with van der Waals surface area (Å²) in [6.45, 7) is 2.38. The van der Waals surface area contributed by atoms with E-state index in [1.54, 1.807) is 6.20 Å². The van der Waals surface area contributed by atoms with Crippen LogP contribution in [0.25, 0.3) is 0 Å². The Hall–Kier alpha value is -2.30. The van der Waals surface area contributed by atoms with Crippen molar-refractivity contribution < 1.29 is 9.50 Å². The summed E-state index contributed by atoms with van der Waals surface area (Å²) in [5, 5.41) is 13.0. The van der Waals surface area contributed by atoms with Crippen LogP contribution in [-0.4, -0.2) is 23.2 Å². The zero-order valence-corrected chi connectivity index (χ0v) is 11.7. The molecule has 1 fully saturated rings. The Kier molecular flexibility index (Phi) is 3.90. The minimum atomic E-state index is -0.351. The fourth-order valence-electron chi connectivity index (χ4n) is 2.60. The van der Waals surface area contributed by atoms with E-state index in [-0.39, 0.29) is 11.6 Å². The Balaban J connectivity index is 1.77. The molecule has 0 unspecified atom stereocenters. The zero-order chi connectivity index (χ0) is 14.7. The fraction of sp³-hybridized carbons (Fsp3) is 0.312. The van der Waals surface area contributed by atoms with E-state index in [4.69, 9.17) is 0 Å². The van der Waals surface area contributed by atoms with Crippen LogP contribution in [0.15, 0.2) is 36.5 Å². The first kappa shape index (κ1) is 13.7. The second-order valence-electron chi connectivity index (χ2n) is 5.20. The molecule has 1 aromatic carbocycles. The lowest BCUT2D eigenvalue weighted by atomic mass is 10.2. The van der Waals surface area contributed by atoms with Gasteiger partial charge >= 0.3 is 0 Å². The number of phenolic OH excluding ortho intramolecular Hbond substituents is 1. The third-order valence-electron chi connectivity index (χ3n) is 3.70. The molecule has 4 nitrogen and oxygen atoms in total. The number of anilines is 2. The Morgan fingerprint density at radius 3 is 2.86 bits per heavy atom. The lowest BCUT2D eigenvalue weighted by Crippen LogP contribution is -2.20. The van der Waals surface area contributed by atoms with Crippen LogP contribution in [0.1, 0.15) is 18.4 Å². The molecule has 0 spiro atoms. The number of halogens is 1. The van der Waals surface area contributed by atoms with E-state index in [9.17, 15) is 9.50 Å². The molecule has 1 aromatic heterocycles. The number of hydrogen-bond donors (Lipinski definition) is 2. The molecule has 21 heavy (non-hydrogen) atoms. The van der Waals surface area contributed by atoms with Crippen LogP contribution >= 0.6 is 0 Å². The smallest absolute Gasteiger partial charge is 0.151 e. The van der Waals surface area contributed by atoms with Crippen molar-refractivity contribution in [3.63, 3.8) is 0 Å². The summed E-state index contributed by atoms with van der Waals surface area (Å²) in [6, 6.07) is 7.79. The van der Waals surface area contributed by atoms with E-state index in [2.05, 4.69) is 15.2 Å². The summed E-state index contributed by atoms with van der Waals surface area (Å²) in [7, 11) is 0. The van der Waals surface area contributed by atoms with Crippen molar-refractivity contribution in [3.8, 4) is 5.75 Å². The number of hydrogen-bond acceptors (Lipinski definition) is 4. The number of nitrogens with zero attached hydrogens (tertiary/aromatic N) is 2. The van der Waals surface area contributed by atoms with Crippen LogP contribution < -0.4 is 10.2 Å². The molecule has 1 aliphatic rings. The van der Waals surface area contributed by atoms with Gasteiger partial charge in [-0.3, -0.25) is 0 Å². The molecule has 0 aliphatic carbocycles. The van der Waals surface area contributed by atoms with Gasteiger partial charge in [0.2, 0.25) is 0 Å². The van der Waals surface area contributed by atoms with Gasteiger partial charge in [0.05, 0.1) is 5.69 Å². The van der Waals surface area contributed by atoms with Gasteiger partial charge in [0.1, 0.15) is 11.6 Å². The molecule has 0 bridgehead atoms. The zero-order valence-electron chi connectivity index (χ0n) is 11.7. The van der Waals surface area contributed by atoms with Gasteiger partial charge in [-0.25, -0.2) is 9.37 Å². The summed E-state index contributed by atoms with van der Waals surface area (Å²) >= 11 is 0. The topological polar surface area (TPSA) is 48.4 Å². The number of rotatable bonds is 4. The van der Waals surface area contributed by atoms with Gasteiger partial charge in [0, 0.05) is 31.4 Å². The monoisotopic (exact) mass is 287 g/mol. The highest BCUT2D eigenvalue weighted by Gasteiger charge is 2.16. The van der Waals surface area contributed by atoms with E-state index in [0.717, 1.165) is 24.6 Å². The van der Waals surface area contributed by atoms with Crippen molar-refractivity contribution in [2.45, 2.75) is 19.4 Å². The molecule has 110 valence electrons. The van der Waals surface area contributed by atoms with Crippen molar-refractivity contribution in [1.29, 1.82) is 0 Å². The molecule has 2 heterocycles.